The fourth-order valence-corrected chi connectivity index (χ4v) is 1.65. The number of nitrogens with one attached hydrogen (secondary N) is 1. The van der Waals surface area contributed by atoms with E-state index in [1.807, 2.05) is 11.5 Å². The molecule has 1 heterocycles. The first kappa shape index (κ1) is 14.6. The van der Waals surface area contributed by atoms with Gasteiger partial charge in [0.15, 0.2) is 0 Å². The lowest BCUT2D eigenvalue weighted by Gasteiger charge is -2.10. The molecule has 0 aliphatic rings. The Labute approximate surface area is 108 Å². The van der Waals surface area contributed by atoms with Crippen molar-refractivity contribution >= 4 is 5.91 Å². The number of aromatic nitrogens is 3. The van der Waals surface area contributed by atoms with Gasteiger partial charge in [-0.3, -0.25) is 4.79 Å². The fraction of sp³-hybridized carbons (Fsp3) is 0.750. The topological polar surface area (TPSA) is 85.8 Å². The lowest BCUT2D eigenvalue weighted by atomic mass is 10.2. The Kier molecular flexibility index (Phi) is 5.77. The number of nitrogens with two attached hydrogens (primary N) is 1. The normalized spacial score (nSPS) is 12.7. The highest BCUT2D eigenvalue weighted by Gasteiger charge is 2.08. The van der Waals surface area contributed by atoms with Crippen LogP contribution in [-0.4, -0.2) is 33.3 Å². The molecule has 0 radical (unpaired) electrons. The second-order valence-corrected chi connectivity index (χ2v) is 4.90. The minimum atomic E-state index is 0.0477. The number of carbonyl (C=O) groups excluding carboxylic acids is 1. The molecule has 0 bridgehead atoms. The monoisotopic (exact) mass is 253 g/mol. The first-order chi connectivity index (χ1) is 8.50. The van der Waals surface area contributed by atoms with Gasteiger partial charge in [-0.15, -0.1) is 10.2 Å². The molecule has 0 spiro atoms. The van der Waals surface area contributed by atoms with Crippen LogP contribution in [0.1, 0.15) is 45.4 Å². The van der Waals surface area contributed by atoms with Gasteiger partial charge in [0.25, 0.3) is 0 Å². The van der Waals surface area contributed by atoms with Crippen molar-refractivity contribution in [2.45, 2.75) is 52.1 Å². The van der Waals surface area contributed by atoms with Gasteiger partial charge < -0.3 is 15.6 Å². The molecule has 1 atom stereocenters. The molecule has 6 nitrogen and oxygen atoms in total. The van der Waals surface area contributed by atoms with E-state index in [1.54, 1.807) is 6.33 Å². The number of hydrogen-bond acceptors (Lipinski definition) is 4. The van der Waals surface area contributed by atoms with E-state index < -0.39 is 0 Å². The van der Waals surface area contributed by atoms with Crippen LogP contribution < -0.4 is 11.1 Å². The predicted octanol–water partition coefficient (Wildman–Crippen LogP) is 0.645. The van der Waals surface area contributed by atoms with Gasteiger partial charge in [-0.25, -0.2) is 0 Å². The maximum Gasteiger partial charge on any atom is 0.220 e. The minimum absolute atomic E-state index is 0.0477. The second kappa shape index (κ2) is 7.10. The van der Waals surface area contributed by atoms with Gasteiger partial charge in [-0.05, 0) is 13.3 Å². The zero-order valence-electron chi connectivity index (χ0n) is 11.4. The molecule has 1 aromatic rings. The Morgan fingerprint density at radius 1 is 1.50 bits per heavy atom. The summed E-state index contributed by atoms with van der Waals surface area (Å²) in [6.45, 7) is 7.34. The summed E-state index contributed by atoms with van der Waals surface area (Å²) in [6.07, 6.45) is 2.90. The zero-order chi connectivity index (χ0) is 13.5. The van der Waals surface area contributed by atoms with Crippen LogP contribution in [0.25, 0.3) is 0 Å². The molecule has 1 unspecified atom stereocenters. The van der Waals surface area contributed by atoms with Gasteiger partial charge in [0.1, 0.15) is 12.2 Å². The third kappa shape index (κ3) is 4.83. The molecule has 1 rings (SSSR count). The van der Waals surface area contributed by atoms with Crippen molar-refractivity contribution in [3.05, 3.63) is 12.2 Å². The van der Waals surface area contributed by atoms with Crippen LogP contribution in [-0.2, 0) is 11.3 Å². The maximum atomic E-state index is 11.5. The van der Waals surface area contributed by atoms with E-state index in [-0.39, 0.29) is 11.9 Å². The molecule has 1 amide bonds. The van der Waals surface area contributed by atoms with E-state index in [4.69, 9.17) is 5.73 Å². The van der Waals surface area contributed by atoms with E-state index in [0.29, 0.717) is 25.4 Å². The van der Waals surface area contributed by atoms with Crippen molar-refractivity contribution in [3.8, 4) is 0 Å². The van der Waals surface area contributed by atoms with Gasteiger partial charge in [-0.2, -0.15) is 0 Å². The van der Waals surface area contributed by atoms with E-state index >= 15 is 0 Å². The predicted molar refractivity (Wildman–Crippen MR) is 70.0 cm³/mol. The Balaban J connectivity index is 2.29. The maximum absolute atomic E-state index is 11.5. The molecule has 0 aliphatic heterocycles. The van der Waals surface area contributed by atoms with Crippen molar-refractivity contribution in [3.63, 3.8) is 0 Å². The Bertz CT molecular complexity index is 372. The van der Waals surface area contributed by atoms with Crippen LogP contribution in [0.2, 0.25) is 0 Å². The molecule has 6 heteroatoms. The third-order valence-electron chi connectivity index (χ3n) is 2.66. The first-order valence-corrected chi connectivity index (χ1v) is 6.40. The number of carbonyl (C=O) groups is 1. The first-order valence-electron chi connectivity index (χ1n) is 6.40. The summed E-state index contributed by atoms with van der Waals surface area (Å²) in [5, 5.41) is 10.8. The smallest absolute Gasteiger partial charge is 0.220 e. The summed E-state index contributed by atoms with van der Waals surface area (Å²) < 4.78 is 1.97. The molecule has 0 fully saturated rings. The third-order valence-corrected chi connectivity index (χ3v) is 2.66. The molecular weight excluding hydrogens is 230 g/mol. The lowest BCUT2D eigenvalue weighted by molar-refractivity contribution is -0.121. The molecule has 1 aromatic heterocycles. The van der Waals surface area contributed by atoms with E-state index in [9.17, 15) is 4.79 Å². The number of amides is 1. The molecule has 0 saturated carbocycles. The molecule has 3 N–H and O–H groups in total. The number of nitrogens with zero attached hydrogens (tertiary/aromatic N) is 3. The van der Waals surface area contributed by atoms with Crippen molar-refractivity contribution in [1.82, 2.24) is 20.1 Å². The van der Waals surface area contributed by atoms with Gasteiger partial charge in [-0.1, -0.05) is 13.8 Å². The highest BCUT2D eigenvalue weighted by molar-refractivity contribution is 5.75. The van der Waals surface area contributed by atoms with Crippen molar-refractivity contribution < 1.29 is 4.79 Å². The van der Waals surface area contributed by atoms with Gasteiger partial charge >= 0.3 is 0 Å². The summed E-state index contributed by atoms with van der Waals surface area (Å²) in [5.41, 5.74) is 5.60. The fourth-order valence-electron chi connectivity index (χ4n) is 1.65. The van der Waals surface area contributed by atoms with Crippen LogP contribution in [0.5, 0.6) is 0 Å². The number of rotatable bonds is 7. The quantitative estimate of drug-likeness (QED) is 0.747. The largest absolute Gasteiger partial charge is 0.354 e. The van der Waals surface area contributed by atoms with Gasteiger partial charge in [0.2, 0.25) is 5.91 Å². The average molecular weight is 253 g/mol. The molecule has 18 heavy (non-hydrogen) atoms. The summed E-state index contributed by atoms with van der Waals surface area (Å²) in [7, 11) is 0. The minimum Gasteiger partial charge on any atom is -0.354 e. The van der Waals surface area contributed by atoms with E-state index in [0.717, 1.165) is 12.2 Å². The second-order valence-electron chi connectivity index (χ2n) is 4.90. The standard InChI is InChI=1S/C12H23N5O/c1-9(2)12-16-15-8-17(12)7-6-14-11(18)5-4-10(3)13/h8-10H,4-7,13H2,1-3H3,(H,14,18). The van der Waals surface area contributed by atoms with Gasteiger partial charge in [0, 0.05) is 31.5 Å². The van der Waals surface area contributed by atoms with Crippen LogP contribution in [0, 0.1) is 0 Å². The van der Waals surface area contributed by atoms with Crippen molar-refractivity contribution in [2.24, 2.45) is 5.73 Å². The molecule has 0 aliphatic carbocycles. The van der Waals surface area contributed by atoms with Gasteiger partial charge in [0.05, 0.1) is 0 Å². The Morgan fingerprint density at radius 2 is 2.22 bits per heavy atom. The molecule has 0 aromatic carbocycles. The summed E-state index contributed by atoms with van der Waals surface area (Å²) in [6, 6.07) is 0.0705. The SMILES string of the molecule is CC(N)CCC(=O)NCCn1cnnc1C(C)C. The van der Waals surface area contributed by atoms with Crippen LogP contribution >= 0.6 is 0 Å². The Morgan fingerprint density at radius 3 is 2.83 bits per heavy atom. The molecule has 102 valence electrons. The molecular formula is C12H23N5O. The van der Waals surface area contributed by atoms with Crippen molar-refractivity contribution in [1.29, 1.82) is 0 Å². The Hall–Kier alpha value is -1.43. The van der Waals surface area contributed by atoms with Crippen LogP contribution in [0.4, 0.5) is 0 Å². The van der Waals surface area contributed by atoms with Crippen LogP contribution in [0.3, 0.4) is 0 Å². The average Bonchev–Trinajstić information content (AvgIpc) is 2.74. The highest BCUT2D eigenvalue weighted by Crippen LogP contribution is 2.09. The summed E-state index contributed by atoms with van der Waals surface area (Å²) in [4.78, 5) is 11.5. The highest BCUT2D eigenvalue weighted by atomic mass is 16.1. The van der Waals surface area contributed by atoms with E-state index in [2.05, 4.69) is 29.4 Å². The summed E-state index contributed by atoms with van der Waals surface area (Å²) in [5.74, 6) is 1.33. The molecule has 0 saturated heterocycles. The lowest BCUT2D eigenvalue weighted by Crippen LogP contribution is -2.29. The van der Waals surface area contributed by atoms with Crippen LogP contribution in [0.15, 0.2) is 6.33 Å². The number of hydrogen-bond donors (Lipinski definition) is 2. The zero-order valence-corrected chi connectivity index (χ0v) is 11.4. The summed E-state index contributed by atoms with van der Waals surface area (Å²) >= 11 is 0. The van der Waals surface area contributed by atoms with E-state index in [1.165, 1.54) is 0 Å². The van der Waals surface area contributed by atoms with Crippen molar-refractivity contribution in [2.75, 3.05) is 6.54 Å².